The minimum absolute atomic E-state index is 0.180. The highest BCUT2D eigenvalue weighted by Crippen LogP contribution is 1.99. The Morgan fingerprint density at radius 2 is 2.33 bits per heavy atom. The van der Waals surface area contributed by atoms with Gasteiger partial charge >= 0.3 is 0 Å². The van der Waals surface area contributed by atoms with Gasteiger partial charge in [-0.25, -0.2) is 0 Å². The summed E-state index contributed by atoms with van der Waals surface area (Å²) in [6.07, 6.45) is -1.14. The van der Waals surface area contributed by atoms with Gasteiger partial charge in [-0.1, -0.05) is 0 Å². The molecule has 0 radical (unpaired) electrons. The number of nitrogens with one attached hydrogen (secondary N) is 1. The molecule has 66 valence electrons. The van der Waals surface area contributed by atoms with Crippen molar-refractivity contribution in [2.45, 2.75) is 13.0 Å². The Hall–Kier alpha value is -1.43. The van der Waals surface area contributed by atoms with Crippen molar-refractivity contribution in [1.82, 2.24) is 5.32 Å². The monoisotopic (exact) mass is 171 g/mol. The lowest BCUT2D eigenvalue weighted by Gasteiger charge is -2.17. The van der Waals surface area contributed by atoms with Crippen molar-refractivity contribution < 1.29 is 14.3 Å². The Bertz CT molecular complexity index is 248. The van der Waals surface area contributed by atoms with E-state index in [0.717, 1.165) is 0 Å². The number of amides is 2. The van der Waals surface area contributed by atoms with Crippen LogP contribution in [0, 0.1) is 0 Å². The zero-order valence-corrected chi connectivity index (χ0v) is 6.53. The molecule has 3 N–H and O–H groups in total. The molecule has 0 saturated heterocycles. The van der Waals surface area contributed by atoms with Gasteiger partial charge in [0.15, 0.2) is 0 Å². The van der Waals surface area contributed by atoms with E-state index in [-0.39, 0.29) is 12.6 Å². The second-order valence-corrected chi connectivity index (χ2v) is 2.16. The number of hydrogen-bond acceptors (Lipinski definition) is 4. The van der Waals surface area contributed by atoms with E-state index in [1.165, 1.54) is 0 Å². The van der Waals surface area contributed by atoms with Crippen LogP contribution in [-0.2, 0) is 14.3 Å². The van der Waals surface area contributed by atoms with Crippen molar-refractivity contribution in [3.05, 3.63) is 0 Å². The zero-order valence-electron chi connectivity index (χ0n) is 6.53. The average Bonchev–Trinajstić information content (AvgIpc) is 1.96. The van der Waals surface area contributed by atoms with E-state index < -0.39 is 17.9 Å². The van der Waals surface area contributed by atoms with Crippen LogP contribution in [0.4, 0.5) is 0 Å². The molecule has 0 saturated carbocycles. The molecule has 2 amide bonds. The van der Waals surface area contributed by atoms with Crippen LogP contribution in [0.2, 0.25) is 0 Å². The Balaban J connectivity index is 2.76. The fourth-order valence-electron chi connectivity index (χ4n) is 0.823. The maximum Gasteiger partial charge on any atom is 0.287 e. The summed E-state index contributed by atoms with van der Waals surface area (Å²) in [4.78, 5) is 25.3. The third kappa shape index (κ3) is 1.59. The minimum Gasteiger partial charge on any atom is -0.369 e. The van der Waals surface area contributed by atoms with Gasteiger partial charge in [0.1, 0.15) is 0 Å². The first-order valence-electron chi connectivity index (χ1n) is 3.45. The summed E-state index contributed by atoms with van der Waals surface area (Å²) in [7, 11) is 0. The van der Waals surface area contributed by atoms with Crippen LogP contribution in [0.25, 0.3) is 0 Å². The highest BCUT2D eigenvalue weighted by molar-refractivity contribution is 6.16. The standard InChI is InChI=1S/C6H9N3O3/c1-2-12-3-4(10)8-6(7)9-5(3)11/h3H,2H2,1H3,(H3,7,8,9,10,11). The molecule has 1 aliphatic rings. The van der Waals surface area contributed by atoms with Gasteiger partial charge in [-0.3, -0.25) is 14.9 Å². The smallest absolute Gasteiger partial charge is 0.287 e. The summed E-state index contributed by atoms with van der Waals surface area (Å²) in [6.45, 7) is 1.96. The summed E-state index contributed by atoms with van der Waals surface area (Å²) < 4.78 is 4.83. The molecule has 1 heterocycles. The number of aliphatic imine (C=N–C) groups is 1. The van der Waals surface area contributed by atoms with Crippen molar-refractivity contribution in [2.24, 2.45) is 10.7 Å². The fraction of sp³-hybridized carbons (Fsp3) is 0.500. The van der Waals surface area contributed by atoms with Gasteiger partial charge < -0.3 is 10.5 Å². The molecule has 1 unspecified atom stereocenters. The zero-order chi connectivity index (χ0) is 9.14. The molecule has 1 rings (SSSR count). The number of nitrogens with zero attached hydrogens (tertiary/aromatic N) is 1. The predicted molar refractivity (Wildman–Crippen MR) is 40.2 cm³/mol. The first-order valence-corrected chi connectivity index (χ1v) is 3.45. The van der Waals surface area contributed by atoms with Gasteiger partial charge in [0.25, 0.3) is 11.8 Å². The number of guanidine groups is 1. The van der Waals surface area contributed by atoms with Crippen molar-refractivity contribution >= 4 is 17.8 Å². The van der Waals surface area contributed by atoms with Crippen LogP contribution in [0.5, 0.6) is 0 Å². The van der Waals surface area contributed by atoms with Crippen molar-refractivity contribution in [2.75, 3.05) is 6.61 Å². The number of hydrogen-bond donors (Lipinski definition) is 2. The van der Waals surface area contributed by atoms with E-state index in [1.807, 2.05) is 0 Å². The molecule has 6 heteroatoms. The minimum atomic E-state index is -1.14. The maximum atomic E-state index is 11.0. The largest absolute Gasteiger partial charge is 0.369 e. The van der Waals surface area contributed by atoms with E-state index in [4.69, 9.17) is 10.5 Å². The lowest BCUT2D eigenvalue weighted by molar-refractivity contribution is -0.143. The SMILES string of the molecule is CCOC1C(=O)N=C(N)NC1=O. The molecule has 1 atom stereocenters. The van der Waals surface area contributed by atoms with E-state index in [9.17, 15) is 9.59 Å². The van der Waals surface area contributed by atoms with Gasteiger partial charge in [0.2, 0.25) is 12.1 Å². The van der Waals surface area contributed by atoms with Gasteiger partial charge in [-0.2, -0.15) is 4.99 Å². The molecule has 6 nitrogen and oxygen atoms in total. The van der Waals surface area contributed by atoms with Crippen LogP contribution >= 0.6 is 0 Å². The molecule has 0 spiro atoms. The number of ether oxygens (including phenoxy) is 1. The molecule has 0 aromatic rings. The van der Waals surface area contributed by atoms with Crippen LogP contribution in [0.15, 0.2) is 4.99 Å². The van der Waals surface area contributed by atoms with Gasteiger partial charge in [-0.15, -0.1) is 0 Å². The second-order valence-electron chi connectivity index (χ2n) is 2.16. The third-order valence-corrected chi connectivity index (χ3v) is 1.28. The average molecular weight is 171 g/mol. The summed E-state index contributed by atoms with van der Waals surface area (Å²) >= 11 is 0. The van der Waals surface area contributed by atoms with Crippen LogP contribution < -0.4 is 11.1 Å². The van der Waals surface area contributed by atoms with E-state index in [0.29, 0.717) is 0 Å². The molecule has 0 aromatic carbocycles. The number of carbonyl (C=O) groups is 2. The molecule has 0 fully saturated rings. The summed E-state index contributed by atoms with van der Waals surface area (Å²) in [5.41, 5.74) is 5.12. The van der Waals surface area contributed by atoms with Crippen molar-refractivity contribution in [3.63, 3.8) is 0 Å². The Morgan fingerprint density at radius 3 is 2.83 bits per heavy atom. The molecule has 0 aromatic heterocycles. The van der Waals surface area contributed by atoms with Gasteiger partial charge in [0, 0.05) is 6.61 Å². The Kier molecular flexibility index (Phi) is 2.39. The first-order chi connectivity index (χ1) is 5.65. The molecule has 1 aliphatic heterocycles. The van der Waals surface area contributed by atoms with Crippen LogP contribution in [0.1, 0.15) is 6.92 Å². The van der Waals surface area contributed by atoms with Crippen LogP contribution in [0.3, 0.4) is 0 Å². The molecular weight excluding hydrogens is 162 g/mol. The molecular formula is C6H9N3O3. The normalized spacial score (nSPS) is 23.4. The number of carbonyl (C=O) groups excluding carboxylic acids is 2. The fourth-order valence-corrected chi connectivity index (χ4v) is 0.823. The second kappa shape index (κ2) is 3.31. The predicted octanol–water partition coefficient (Wildman–Crippen LogP) is -1.64. The lowest BCUT2D eigenvalue weighted by Crippen LogP contribution is -2.51. The lowest BCUT2D eigenvalue weighted by atomic mass is 10.3. The molecule has 0 bridgehead atoms. The van der Waals surface area contributed by atoms with E-state index in [1.54, 1.807) is 6.92 Å². The Morgan fingerprint density at radius 1 is 1.67 bits per heavy atom. The molecule has 12 heavy (non-hydrogen) atoms. The third-order valence-electron chi connectivity index (χ3n) is 1.28. The number of nitrogens with two attached hydrogens (primary N) is 1. The summed E-state index contributed by atoms with van der Waals surface area (Å²) in [5.74, 6) is -1.39. The number of rotatable bonds is 2. The van der Waals surface area contributed by atoms with E-state index >= 15 is 0 Å². The topological polar surface area (TPSA) is 93.8 Å². The first kappa shape index (κ1) is 8.66. The highest BCUT2D eigenvalue weighted by Gasteiger charge is 2.31. The van der Waals surface area contributed by atoms with Crippen molar-refractivity contribution in [3.8, 4) is 0 Å². The van der Waals surface area contributed by atoms with Crippen LogP contribution in [-0.4, -0.2) is 30.5 Å². The highest BCUT2D eigenvalue weighted by atomic mass is 16.5. The summed E-state index contributed by atoms with van der Waals surface area (Å²) in [5, 5.41) is 2.19. The Labute approximate surface area is 68.8 Å². The quantitative estimate of drug-likeness (QED) is 0.487. The summed E-state index contributed by atoms with van der Waals surface area (Å²) in [6, 6.07) is 0. The molecule has 0 aliphatic carbocycles. The van der Waals surface area contributed by atoms with Gasteiger partial charge in [-0.05, 0) is 6.92 Å². The van der Waals surface area contributed by atoms with Crippen molar-refractivity contribution in [1.29, 1.82) is 0 Å². The van der Waals surface area contributed by atoms with Gasteiger partial charge in [0.05, 0.1) is 0 Å². The maximum absolute atomic E-state index is 11.0. The van der Waals surface area contributed by atoms with E-state index in [2.05, 4.69) is 10.3 Å².